The summed E-state index contributed by atoms with van der Waals surface area (Å²) >= 11 is 4.63. The molecule has 0 unspecified atom stereocenters. The van der Waals surface area contributed by atoms with Crippen LogP contribution in [-0.2, 0) is 20.7 Å². The van der Waals surface area contributed by atoms with Gasteiger partial charge in [-0.1, -0.05) is 0 Å². The van der Waals surface area contributed by atoms with E-state index in [1.807, 2.05) is 12.1 Å². The van der Waals surface area contributed by atoms with Crippen molar-refractivity contribution in [1.29, 1.82) is 0 Å². The molecule has 0 saturated heterocycles. The number of hydrogen-bond donors (Lipinski definition) is 1. The van der Waals surface area contributed by atoms with Gasteiger partial charge in [-0.25, -0.2) is 0 Å². The number of rotatable bonds is 1. The molecule has 5 rings (SSSR count). The van der Waals surface area contributed by atoms with Crippen LogP contribution >= 0.6 is 12.6 Å². The van der Waals surface area contributed by atoms with Gasteiger partial charge in [-0.2, -0.15) is 12.6 Å². The number of esters is 1. The summed E-state index contributed by atoms with van der Waals surface area (Å²) in [6.45, 7) is 6.93. The molecule has 1 atom stereocenters. The number of fused-ring (bicyclic) bond motifs is 3. The predicted molar refractivity (Wildman–Crippen MR) is 105 cm³/mol. The SMILES string of the molecule is CC(C)(C)C(=O)OC1=C2C3=C(C1=O)[C@@H](S)CN3CCc1cc3c(cc12)OCO3. The van der Waals surface area contributed by atoms with Crippen LogP contribution in [-0.4, -0.2) is 41.8 Å². The molecule has 1 aliphatic carbocycles. The van der Waals surface area contributed by atoms with E-state index in [4.69, 9.17) is 14.2 Å². The van der Waals surface area contributed by atoms with Crippen molar-refractivity contribution in [2.75, 3.05) is 19.9 Å². The Bertz CT molecular complexity index is 1000. The van der Waals surface area contributed by atoms with Crippen molar-refractivity contribution in [2.24, 2.45) is 5.41 Å². The van der Waals surface area contributed by atoms with Crippen LogP contribution in [0.1, 0.15) is 31.9 Å². The molecule has 0 bridgehead atoms. The summed E-state index contributed by atoms with van der Waals surface area (Å²) in [7, 11) is 0. The van der Waals surface area contributed by atoms with Gasteiger partial charge in [0, 0.05) is 18.7 Å². The monoisotopic (exact) mass is 399 g/mol. The van der Waals surface area contributed by atoms with Crippen LogP contribution in [0.4, 0.5) is 0 Å². The molecule has 0 fully saturated rings. The van der Waals surface area contributed by atoms with E-state index in [1.165, 1.54) is 0 Å². The van der Waals surface area contributed by atoms with Crippen LogP contribution in [0, 0.1) is 5.41 Å². The normalized spacial score (nSPS) is 22.5. The first-order valence-electron chi connectivity index (χ1n) is 9.37. The van der Waals surface area contributed by atoms with Crippen LogP contribution in [0.15, 0.2) is 29.2 Å². The second kappa shape index (κ2) is 5.80. The Morgan fingerprint density at radius 2 is 1.96 bits per heavy atom. The number of Topliss-reactive ketones (excluding diaryl/α,β-unsaturated/α-hetero) is 1. The van der Waals surface area contributed by atoms with Crippen LogP contribution < -0.4 is 9.47 Å². The topological polar surface area (TPSA) is 65.1 Å². The average molecular weight is 399 g/mol. The summed E-state index contributed by atoms with van der Waals surface area (Å²) in [5.74, 6) is 0.785. The van der Waals surface area contributed by atoms with Gasteiger partial charge in [0.05, 0.1) is 21.9 Å². The molecule has 0 amide bonds. The lowest BCUT2D eigenvalue weighted by Gasteiger charge is -2.22. The van der Waals surface area contributed by atoms with E-state index in [2.05, 4.69) is 17.5 Å². The minimum absolute atomic E-state index is 0.107. The van der Waals surface area contributed by atoms with Gasteiger partial charge in [0.1, 0.15) is 0 Å². The molecule has 0 spiro atoms. The van der Waals surface area contributed by atoms with E-state index >= 15 is 0 Å². The maximum absolute atomic E-state index is 13.2. The van der Waals surface area contributed by atoms with Crippen LogP contribution in [0.3, 0.4) is 0 Å². The Hall–Kier alpha value is -2.41. The zero-order valence-corrected chi connectivity index (χ0v) is 16.9. The molecule has 28 heavy (non-hydrogen) atoms. The molecule has 0 N–H and O–H groups in total. The van der Waals surface area contributed by atoms with Gasteiger partial charge in [-0.15, -0.1) is 0 Å². The molecule has 0 aromatic heterocycles. The molecule has 1 aromatic carbocycles. The van der Waals surface area contributed by atoms with Crippen LogP contribution in [0.5, 0.6) is 11.5 Å². The van der Waals surface area contributed by atoms with Crippen molar-refractivity contribution in [2.45, 2.75) is 32.4 Å². The fourth-order valence-electron chi connectivity index (χ4n) is 4.09. The molecule has 4 aliphatic rings. The average Bonchev–Trinajstić information content (AvgIpc) is 3.25. The third-order valence-electron chi connectivity index (χ3n) is 5.54. The molecular weight excluding hydrogens is 378 g/mol. The number of nitrogens with zero attached hydrogens (tertiary/aromatic N) is 1. The number of carbonyl (C=O) groups is 2. The van der Waals surface area contributed by atoms with E-state index in [9.17, 15) is 9.59 Å². The fourth-order valence-corrected chi connectivity index (χ4v) is 4.53. The lowest BCUT2D eigenvalue weighted by atomic mass is 9.96. The van der Waals surface area contributed by atoms with Crippen molar-refractivity contribution in [1.82, 2.24) is 4.90 Å². The molecule has 3 heterocycles. The van der Waals surface area contributed by atoms with E-state index in [1.54, 1.807) is 20.8 Å². The molecular formula is C21H21NO5S. The van der Waals surface area contributed by atoms with E-state index < -0.39 is 11.4 Å². The third-order valence-corrected chi connectivity index (χ3v) is 5.96. The molecule has 6 nitrogen and oxygen atoms in total. The van der Waals surface area contributed by atoms with Crippen LogP contribution in [0.2, 0.25) is 0 Å². The summed E-state index contributed by atoms with van der Waals surface area (Å²) in [5, 5.41) is -0.195. The zero-order chi connectivity index (χ0) is 19.8. The highest BCUT2D eigenvalue weighted by Gasteiger charge is 2.47. The maximum Gasteiger partial charge on any atom is 0.316 e. The van der Waals surface area contributed by atoms with Crippen molar-refractivity contribution in [3.05, 3.63) is 40.3 Å². The number of carbonyl (C=O) groups excluding carboxylic acids is 2. The lowest BCUT2D eigenvalue weighted by Crippen LogP contribution is -2.27. The highest BCUT2D eigenvalue weighted by Crippen LogP contribution is 2.50. The van der Waals surface area contributed by atoms with Gasteiger partial charge in [0.2, 0.25) is 12.6 Å². The van der Waals surface area contributed by atoms with Crippen molar-refractivity contribution in [3.63, 3.8) is 0 Å². The minimum Gasteiger partial charge on any atom is -0.454 e. The van der Waals surface area contributed by atoms with Gasteiger partial charge in [0.25, 0.3) is 0 Å². The van der Waals surface area contributed by atoms with Gasteiger partial charge in [-0.3, -0.25) is 9.59 Å². The quantitative estimate of drug-likeness (QED) is 0.579. The Balaban J connectivity index is 1.72. The van der Waals surface area contributed by atoms with Gasteiger partial charge in [0.15, 0.2) is 17.3 Å². The fraction of sp³-hybridized carbons (Fsp3) is 0.429. The largest absolute Gasteiger partial charge is 0.454 e. The summed E-state index contributed by atoms with van der Waals surface area (Å²) in [5.41, 5.74) is 3.35. The Morgan fingerprint density at radius 3 is 2.68 bits per heavy atom. The number of thiol groups is 1. The molecule has 3 aliphatic heterocycles. The first-order valence-corrected chi connectivity index (χ1v) is 9.89. The van der Waals surface area contributed by atoms with Gasteiger partial charge >= 0.3 is 5.97 Å². The minimum atomic E-state index is -0.719. The number of ether oxygens (including phenoxy) is 3. The maximum atomic E-state index is 13.2. The molecule has 7 heteroatoms. The number of ketones is 1. The highest BCUT2D eigenvalue weighted by molar-refractivity contribution is 7.81. The van der Waals surface area contributed by atoms with E-state index in [0.717, 1.165) is 29.8 Å². The van der Waals surface area contributed by atoms with Crippen molar-refractivity contribution >= 4 is 30.0 Å². The smallest absolute Gasteiger partial charge is 0.316 e. The van der Waals surface area contributed by atoms with Crippen LogP contribution in [0.25, 0.3) is 5.57 Å². The third kappa shape index (κ3) is 2.42. The second-order valence-corrected chi connectivity index (χ2v) is 9.13. The van der Waals surface area contributed by atoms with E-state index in [0.29, 0.717) is 29.2 Å². The van der Waals surface area contributed by atoms with Crippen molar-refractivity contribution in [3.8, 4) is 11.5 Å². The van der Waals surface area contributed by atoms with Gasteiger partial charge in [-0.05, 0) is 50.5 Å². The van der Waals surface area contributed by atoms with Crippen molar-refractivity contribution < 1.29 is 23.8 Å². The number of hydrogen-bond acceptors (Lipinski definition) is 7. The highest BCUT2D eigenvalue weighted by atomic mass is 32.1. The molecule has 0 saturated carbocycles. The van der Waals surface area contributed by atoms with E-state index in [-0.39, 0.29) is 23.6 Å². The summed E-state index contributed by atoms with van der Waals surface area (Å²) in [4.78, 5) is 28.0. The molecule has 146 valence electrons. The number of benzene rings is 1. The Morgan fingerprint density at radius 1 is 1.25 bits per heavy atom. The summed E-state index contributed by atoms with van der Waals surface area (Å²) in [6.07, 6.45) is 0.793. The predicted octanol–water partition coefficient (Wildman–Crippen LogP) is 2.72. The zero-order valence-electron chi connectivity index (χ0n) is 16.0. The first kappa shape index (κ1) is 17.7. The van der Waals surface area contributed by atoms with Gasteiger partial charge < -0.3 is 19.1 Å². The lowest BCUT2D eigenvalue weighted by molar-refractivity contribution is -0.150. The molecule has 1 aromatic rings. The Labute approximate surface area is 168 Å². The second-order valence-electron chi connectivity index (χ2n) is 8.51. The summed E-state index contributed by atoms with van der Waals surface area (Å²) in [6, 6.07) is 3.87. The number of allylic oxidation sites excluding steroid dienone is 2. The molecule has 0 radical (unpaired) electrons. The Kier molecular flexibility index (Phi) is 3.66. The first-order chi connectivity index (χ1) is 13.3. The standard InChI is InChI=1S/C21H21NO5S/c1-21(2,3)20(24)27-19-15-11-7-13-12(25-9-26-13)6-10(11)4-5-22-8-14(28)16(17(15)22)18(19)23/h6-7,14,28H,4-5,8-9H2,1-3H3/t14-/m0/s1. The summed E-state index contributed by atoms with van der Waals surface area (Å²) < 4.78 is 16.8.